The lowest BCUT2D eigenvalue weighted by Gasteiger charge is -2.33. The van der Waals surface area contributed by atoms with Crippen LogP contribution in [0.3, 0.4) is 0 Å². The average molecular weight is 390 g/mol. The van der Waals surface area contributed by atoms with Gasteiger partial charge in [0.2, 0.25) is 0 Å². The van der Waals surface area contributed by atoms with Gasteiger partial charge in [-0.15, -0.1) is 11.8 Å². The summed E-state index contributed by atoms with van der Waals surface area (Å²) in [5.74, 6) is 1.61. The second-order valence-corrected chi connectivity index (χ2v) is 7.11. The molecule has 146 valence electrons. The zero-order valence-corrected chi connectivity index (χ0v) is 17.6. The molecule has 0 aliphatic carbocycles. The number of hydrogen-bond acceptors (Lipinski definition) is 5. The quantitative estimate of drug-likeness (QED) is 0.483. The van der Waals surface area contributed by atoms with E-state index < -0.39 is 0 Å². The van der Waals surface area contributed by atoms with E-state index in [-0.39, 0.29) is 11.3 Å². The molecular weight excluding hydrogens is 361 g/mol. The molecule has 0 fully saturated rings. The smallest absolute Gasteiger partial charge is 0.155 e. The monoisotopic (exact) mass is 389 g/mol. The fourth-order valence-corrected chi connectivity index (χ4v) is 3.67. The molecule has 0 amide bonds. The Labute approximate surface area is 166 Å². The molecule has 1 atom stereocenters. The summed E-state index contributed by atoms with van der Waals surface area (Å²) in [6, 6.07) is 6.60. The van der Waals surface area contributed by atoms with Gasteiger partial charge < -0.3 is 14.5 Å². The van der Waals surface area contributed by atoms with E-state index >= 15 is 0 Å². The maximum atomic E-state index is 13.4. The Bertz CT molecular complexity index is 755. The fraction of sp³-hybridized carbons (Fsp3) is 0.333. The molecule has 0 aromatic heterocycles. The van der Waals surface area contributed by atoms with Crippen LogP contribution in [0.1, 0.15) is 13.8 Å². The predicted molar refractivity (Wildman–Crippen MR) is 113 cm³/mol. The van der Waals surface area contributed by atoms with E-state index in [0.717, 1.165) is 22.8 Å². The number of hydrogen-bond donors (Lipinski definition) is 0. The van der Waals surface area contributed by atoms with Gasteiger partial charge in [-0.3, -0.25) is 4.90 Å². The van der Waals surface area contributed by atoms with Crippen LogP contribution < -0.4 is 4.90 Å². The first-order chi connectivity index (χ1) is 12.9. The number of benzene rings is 1. The van der Waals surface area contributed by atoms with Crippen molar-refractivity contribution >= 4 is 17.4 Å². The molecular formula is C21H28FN3OS. The first-order valence-corrected chi connectivity index (χ1v) is 10.0. The Morgan fingerprint density at radius 2 is 1.96 bits per heavy atom. The van der Waals surface area contributed by atoms with Crippen molar-refractivity contribution in [3.63, 3.8) is 0 Å². The standard InChI is InChI=1S/C21H28FN3OS/c1-7-16(2)19(26-5)9-8-14-23(3)20-15-24(4)21(27-6)25(20)18-12-10-17(22)11-13-18/h7-15,21H,1-6H3/b14-8+,16-7-,19-9+/t21-/m1/s1. The summed E-state index contributed by atoms with van der Waals surface area (Å²) >= 11 is 1.72. The number of halogens is 1. The molecule has 6 heteroatoms. The lowest BCUT2D eigenvalue weighted by molar-refractivity contribution is 0.301. The molecule has 0 radical (unpaired) electrons. The van der Waals surface area contributed by atoms with E-state index in [4.69, 9.17) is 4.74 Å². The van der Waals surface area contributed by atoms with Crippen molar-refractivity contribution in [1.29, 1.82) is 0 Å². The Morgan fingerprint density at radius 3 is 2.52 bits per heavy atom. The summed E-state index contributed by atoms with van der Waals surface area (Å²) in [5, 5.41) is 0. The molecule has 0 saturated heterocycles. The number of allylic oxidation sites excluding steroid dienone is 4. The highest BCUT2D eigenvalue weighted by atomic mass is 32.2. The third-order valence-electron chi connectivity index (χ3n) is 4.41. The van der Waals surface area contributed by atoms with Crippen LogP contribution in [0.5, 0.6) is 0 Å². The van der Waals surface area contributed by atoms with E-state index in [1.165, 1.54) is 12.1 Å². The summed E-state index contributed by atoms with van der Waals surface area (Å²) in [6.07, 6.45) is 12.1. The fourth-order valence-electron chi connectivity index (χ4n) is 2.84. The molecule has 0 N–H and O–H groups in total. The van der Waals surface area contributed by atoms with Gasteiger partial charge in [-0.25, -0.2) is 4.39 Å². The lowest BCUT2D eigenvalue weighted by Crippen LogP contribution is -2.37. The van der Waals surface area contributed by atoms with Crippen LogP contribution >= 0.6 is 11.8 Å². The van der Waals surface area contributed by atoms with Crippen LogP contribution in [0.4, 0.5) is 10.1 Å². The van der Waals surface area contributed by atoms with Crippen molar-refractivity contribution < 1.29 is 9.13 Å². The molecule has 0 unspecified atom stereocenters. The molecule has 1 heterocycles. The first-order valence-electron chi connectivity index (χ1n) is 8.72. The molecule has 1 aliphatic rings. The van der Waals surface area contributed by atoms with Crippen LogP contribution in [0.15, 0.2) is 72.0 Å². The average Bonchev–Trinajstić information content (AvgIpc) is 3.01. The van der Waals surface area contributed by atoms with Crippen molar-refractivity contribution in [3.8, 4) is 0 Å². The van der Waals surface area contributed by atoms with Gasteiger partial charge in [0.05, 0.1) is 7.11 Å². The Balaban J connectivity index is 2.28. The second-order valence-electron chi connectivity index (χ2n) is 6.22. The summed E-state index contributed by atoms with van der Waals surface area (Å²) in [5.41, 5.74) is 2.14. The first kappa shape index (κ1) is 21.0. The van der Waals surface area contributed by atoms with Gasteiger partial charge in [0, 0.05) is 32.2 Å². The lowest BCUT2D eigenvalue weighted by atomic mass is 10.2. The Kier molecular flexibility index (Phi) is 7.42. The second kappa shape index (κ2) is 9.55. The van der Waals surface area contributed by atoms with Crippen molar-refractivity contribution in [2.75, 3.05) is 32.4 Å². The van der Waals surface area contributed by atoms with E-state index in [1.54, 1.807) is 31.0 Å². The topological polar surface area (TPSA) is 19.0 Å². The predicted octanol–water partition coefficient (Wildman–Crippen LogP) is 4.97. The van der Waals surface area contributed by atoms with Crippen LogP contribution in [-0.2, 0) is 4.74 Å². The third kappa shape index (κ3) is 4.89. The summed E-state index contributed by atoms with van der Waals surface area (Å²) < 4.78 is 18.8. The van der Waals surface area contributed by atoms with Crippen LogP contribution in [0.2, 0.25) is 0 Å². The van der Waals surface area contributed by atoms with Gasteiger partial charge in [0.25, 0.3) is 0 Å². The number of thioether (sulfide) groups is 1. The maximum absolute atomic E-state index is 13.4. The van der Waals surface area contributed by atoms with Gasteiger partial charge in [0.15, 0.2) is 5.50 Å². The number of rotatable bonds is 7. The SMILES string of the molecule is C\C=C(C)/C(=C\C=C\N(C)C1=CN(C)[C@@H](SC)N1c1ccc(F)cc1)OC. The van der Waals surface area contributed by atoms with Crippen molar-refractivity contribution in [2.24, 2.45) is 0 Å². The van der Waals surface area contributed by atoms with Crippen LogP contribution in [0, 0.1) is 5.82 Å². The number of nitrogens with zero attached hydrogens (tertiary/aromatic N) is 3. The zero-order chi connectivity index (χ0) is 20.0. The van der Waals surface area contributed by atoms with Crippen molar-refractivity contribution in [2.45, 2.75) is 19.3 Å². The van der Waals surface area contributed by atoms with E-state index in [2.05, 4.69) is 22.3 Å². The molecule has 1 aromatic carbocycles. The Hall–Kier alpha value is -2.34. The molecule has 0 bridgehead atoms. The van der Waals surface area contributed by atoms with Crippen LogP contribution in [-0.4, -0.2) is 42.8 Å². The minimum absolute atomic E-state index is 0.108. The number of ether oxygens (including phenoxy) is 1. The van der Waals surface area contributed by atoms with Gasteiger partial charge in [-0.05, 0) is 62.1 Å². The molecule has 4 nitrogen and oxygen atoms in total. The molecule has 0 spiro atoms. The largest absolute Gasteiger partial charge is 0.497 e. The molecule has 2 rings (SSSR count). The highest BCUT2D eigenvalue weighted by Crippen LogP contribution is 2.34. The van der Waals surface area contributed by atoms with Gasteiger partial charge >= 0.3 is 0 Å². The van der Waals surface area contributed by atoms with E-state index in [0.29, 0.717) is 0 Å². The Morgan fingerprint density at radius 1 is 1.30 bits per heavy atom. The summed E-state index contributed by atoms with van der Waals surface area (Å²) in [7, 11) is 5.71. The number of anilines is 1. The highest BCUT2D eigenvalue weighted by molar-refractivity contribution is 7.99. The van der Waals surface area contributed by atoms with Gasteiger partial charge in [-0.2, -0.15) is 0 Å². The van der Waals surface area contributed by atoms with Crippen molar-refractivity contribution in [1.82, 2.24) is 9.80 Å². The van der Waals surface area contributed by atoms with Crippen molar-refractivity contribution in [3.05, 3.63) is 77.9 Å². The third-order valence-corrected chi connectivity index (χ3v) is 5.38. The minimum Gasteiger partial charge on any atom is -0.497 e. The van der Waals surface area contributed by atoms with E-state index in [9.17, 15) is 4.39 Å². The summed E-state index contributed by atoms with van der Waals surface area (Å²) in [6.45, 7) is 4.00. The van der Waals surface area contributed by atoms with E-state index in [1.807, 2.05) is 57.3 Å². The maximum Gasteiger partial charge on any atom is 0.155 e. The van der Waals surface area contributed by atoms with Gasteiger partial charge in [0.1, 0.15) is 17.4 Å². The molecule has 1 aromatic rings. The number of methoxy groups -OCH3 is 1. The molecule has 0 saturated carbocycles. The van der Waals surface area contributed by atoms with Gasteiger partial charge in [-0.1, -0.05) is 6.08 Å². The highest BCUT2D eigenvalue weighted by Gasteiger charge is 2.32. The molecule has 27 heavy (non-hydrogen) atoms. The normalized spacial score (nSPS) is 18.3. The zero-order valence-electron chi connectivity index (χ0n) is 16.8. The summed E-state index contributed by atoms with van der Waals surface area (Å²) in [4.78, 5) is 6.38. The molecule has 1 aliphatic heterocycles. The minimum atomic E-state index is -0.234. The van der Waals surface area contributed by atoms with Crippen LogP contribution in [0.25, 0.3) is 0 Å².